The summed E-state index contributed by atoms with van der Waals surface area (Å²) in [5.41, 5.74) is 4.92. The lowest BCUT2D eigenvalue weighted by Gasteiger charge is -1.99. The maximum absolute atomic E-state index is 10.4. The number of ether oxygens (including phenoxy) is 1. The van der Waals surface area contributed by atoms with E-state index in [4.69, 9.17) is 10.8 Å². The van der Waals surface area contributed by atoms with Crippen LogP contribution in [0.1, 0.15) is 12.8 Å². The molecule has 0 rings (SSSR count). The lowest BCUT2D eigenvalue weighted by Crippen LogP contribution is -2.17. The first kappa shape index (κ1) is 9.90. The van der Waals surface area contributed by atoms with Crippen molar-refractivity contribution in [1.82, 2.24) is 0 Å². The predicted octanol–water partition coefficient (Wildman–Crippen LogP) is -0.647. The number of carboxylic acids is 1. The lowest BCUT2D eigenvalue weighted by atomic mass is 10.3. The zero-order valence-electron chi connectivity index (χ0n) is 6.08. The van der Waals surface area contributed by atoms with Crippen molar-refractivity contribution in [1.29, 1.82) is 0 Å². The molecule has 0 bridgehead atoms. The highest BCUT2D eigenvalue weighted by Gasteiger charge is 1.99. The minimum atomic E-state index is -0.895. The summed E-state index contributed by atoms with van der Waals surface area (Å²) in [5.74, 6) is -1.40. The Bertz CT molecular complexity index is 146. The molecular weight excluding hydrogens is 150 g/mol. The summed E-state index contributed by atoms with van der Waals surface area (Å²) < 4.78 is 4.51. The van der Waals surface area contributed by atoms with E-state index in [0.29, 0.717) is 6.42 Å². The zero-order valence-corrected chi connectivity index (χ0v) is 6.08. The van der Waals surface area contributed by atoms with Gasteiger partial charge in [-0.2, -0.15) is 0 Å². The number of esters is 1. The van der Waals surface area contributed by atoms with Crippen LogP contribution in [0.2, 0.25) is 0 Å². The highest BCUT2D eigenvalue weighted by atomic mass is 16.5. The number of rotatable bonds is 5. The topological polar surface area (TPSA) is 89.6 Å². The van der Waals surface area contributed by atoms with Crippen molar-refractivity contribution < 1.29 is 19.4 Å². The molecule has 0 aromatic rings. The van der Waals surface area contributed by atoms with Crippen molar-refractivity contribution in [3.8, 4) is 0 Å². The van der Waals surface area contributed by atoms with E-state index < -0.39 is 11.9 Å². The van der Waals surface area contributed by atoms with Crippen LogP contribution in [0.4, 0.5) is 0 Å². The number of carbonyl (C=O) groups is 2. The lowest BCUT2D eigenvalue weighted by molar-refractivity contribution is -0.144. The van der Waals surface area contributed by atoms with E-state index in [2.05, 4.69) is 4.74 Å². The monoisotopic (exact) mass is 161 g/mol. The molecule has 0 atom stereocenters. The number of aliphatic carboxylic acids is 1. The van der Waals surface area contributed by atoms with Crippen molar-refractivity contribution >= 4 is 11.9 Å². The van der Waals surface area contributed by atoms with Gasteiger partial charge in [0, 0.05) is 6.42 Å². The molecule has 0 unspecified atom stereocenters. The average molecular weight is 161 g/mol. The van der Waals surface area contributed by atoms with Crippen LogP contribution in [0, 0.1) is 0 Å². The van der Waals surface area contributed by atoms with Gasteiger partial charge in [-0.15, -0.1) is 0 Å². The second-order valence-electron chi connectivity index (χ2n) is 1.92. The van der Waals surface area contributed by atoms with Crippen LogP contribution in [-0.2, 0) is 14.3 Å². The molecule has 0 aliphatic carbocycles. The summed E-state index contributed by atoms with van der Waals surface area (Å²) in [4.78, 5) is 20.3. The molecule has 0 aromatic carbocycles. The number of nitrogens with two attached hydrogens (primary N) is 1. The van der Waals surface area contributed by atoms with Gasteiger partial charge in [0.2, 0.25) is 0 Å². The maximum atomic E-state index is 10.4. The van der Waals surface area contributed by atoms with E-state index in [9.17, 15) is 9.59 Å². The van der Waals surface area contributed by atoms with Gasteiger partial charge in [-0.1, -0.05) is 0 Å². The summed E-state index contributed by atoms with van der Waals surface area (Å²) >= 11 is 0. The third-order valence-corrected chi connectivity index (χ3v) is 0.965. The van der Waals surface area contributed by atoms with Crippen molar-refractivity contribution in [3.63, 3.8) is 0 Å². The van der Waals surface area contributed by atoms with Gasteiger partial charge < -0.3 is 15.6 Å². The molecule has 0 aliphatic heterocycles. The third-order valence-electron chi connectivity index (χ3n) is 0.965. The fourth-order valence-electron chi connectivity index (χ4n) is 0.468. The Morgan fingerprint density at radius 2 is 2.09 bits per heavy atom. The highest BCUT2D eigenvalue weighted by molar-refractivity contribution is 5.71. The van der Waals surface area contributed by atoms with E-state index in [1.54, 1.807) is 0 Å². The van der Waals surface area contributed by atoms with Gasteiger partial charge in [-0.05, 0) is 6.42 Å². The molecule has 3 N–H and O–H groups in total. The molecule has 0 aliphatic rings. The van der Waals surface area contributed by atoms with Gasteiger partial charge in [0.25, 0.3) is 0 Å². The first-order chi connectivity index (χ1) is 5.16. The molecule has 0 aromatic heterocycles. The fourth-order valence-corrected chi connectivity index (χ4v) is 0.468. The first-order valence-electron chi connectivity index (χ1n) is 3.24. The third kappa shape index (κ3) is 6.79. The van der Waals surface area contributed by atoms with Gasteiger partial charge in [0.1, 0.15) is 0 Å². The van der Waals surface area contributed by atoms with E-state index >= 15 is 0 Å². The predicted molar refractivity (Wildman–Crippen MR) is 36.9 cm³/mol. The quantitative estimate of drug-likeness (QED) is 0.413. The smallest absolute Gasteiger partial charge is 0.319 e. The molecule has 0 spiro atoms. The van der Waals surface area contributed by atoms with Crippen molar-refractivity contribution in [2.45, 2.75) is 12.8 Å². The highest BCUT2D eigenvalue weighted by Crippen LogP contribution is 1.89. The maximum Gasteiger partial charge on any atom is 0.319 e. The van der Waals surface area contributed by atoms with E-state index in [-0.39, 0.29) is 19.6 Å². The molecule has 0 radical (unpaired) electrons. The van der Waals surface area contributed by atoms with Crippen LogP contribution in [-0.4, -0.2) is 30.2 Å². The SMILES string of the molecule is NCC(=O)OCCCC(=O)O. The minimum absolute atomic E-state index is 0.0118. The van der Waals surface area contributed by atoms with Crippen molar-refractivity contribution in [2.24, 2.45) is 5.73 Å². The normalized spacial score (nSPS) is 9.18. The Kier molecular flexibility index (Phi) is 5.10. The largest absolute Gasteiger partial charge is 0.481 e. The van der Waals surface area contributed by atoms with Crippen LogP contribution in [0.15, 0.2) is 0 Å². The molecule has 64 valence electrons. The standard InChI is InChI=1S/C6H11NO4/c7-4-6(10)11-3-1-2-5(8)9/h1-4,7H2,(H,8,9). The zero-order chi connectivity index (χ0) is 8.69. The Balaban J connectivity index is 3.14. The molecule has 5 heteroatoms. The Morgan fingerprint density at radius 1 is 1.45 bits per heavy atom. The Morgan fingerprint density at radius 3 is 2.55 bits per heavy atom. The first-order valence-corrected chi connectivity index (χ1v) is 3.24. The average Bonchev–Trinajstić information content (AvgIpc) is 1.97. The molecule has 0 saturated carbocycles. The summed E-state index contributed by atoms with van der Waals surface area (Å²) in [6.45, 7) is -0.0323. The van der Waals surface area contributed by atoms with Crippen LogP contribution >= 0.6 is 0 Å². The van der Waals surface area contributed by atoms with Crippen LogP contribution in [0.5, 0.6) is 0 Å². The van der Waals surface area contributed by atoms with E-state index in [0.717, 1.165) is 0 Å². The Labute approximate surface area is 64.1 Å². The van der Waals surface area contributed by atoms with Crippen molar-refractivity contribution in [3.05, 3.63) is 0 Å². The summed E-state index contributed by atoms with van der Waals surface area (Å²) in [6.07, 6.45) is 0.346. The molecule has 0 heterocycles. The van der Waals surface area contributed by atoms with Crippen molar-refractivity contribution in [2.75, 3.05) is 13.2 Å². The molecule has 0 fully saturated rings. The van der Waals surface area contributed by atoms with Crippen LogP contribution < -0.4 is 5.73 Å². The summed E-state index contributed by atoms with van der Waals surface area (Å²) in [6, 6.07) is 0. The van der Waals surface area contributed by atoms with Gasteiger partial charge in [-0.25, -0.2) is 0 Å². The molecule has 11 heavy (non-hydrogen) atoms. The minimum Gasteiger partial charge on any atom is -0.481 e. The number of carbonyl (C=O) groups excluding carboxylic acids is 1. The van der Waals surface area contributed by atoms with Gasteiger partial charge in [0.05, 0.1) is 13.2 Å². The molecule has 0 saturated heterocycles. The number of hydrogen-bond acceptors (Lipinski definition) is 4. The summed E-state index contributed by atoms with van der Waals surface area (Å²) in [5, 5.41) is 8.17. The second kappa shape index (κ2) is 5.67. The van der Waals surface area contributed by atoms with Crippen LogP contribution in [0.3, 0.4) is 0 Å². The van der Waals surface area contributed by atoms with Crippen LogP contribution in [0.25, 0.3) is 0 Å². The van der Waals surface area contributed by atoms with E-state index in [1.807, 2.05) is 0 Å². The number of hydrogen-bond donors (Lipinski definition) is 2. The van der Waals surface area contributed by atoms with Gasteiger partial charge in [-0.3, -0.25) is 9.59 Å². The molecule has 0 amide bonds. The van der Waals surface area contributed by atoms with Gasteiger partial charge >= 0.3 is 11.9 Å². The fraction of sp³-hybridized carbons (Fsp3) is 0.667. The Hall–Kier alpha value is -1.10. The molecule has 5 nitrogen and oxygen atoms in total. The molecular formula is C6H11NO4. The summed E-state index contributed by atoms with van der Waals surface area (Å²) in [7, 11) is 0. The van der Waals surface area contributed by atoms with E-state index in [1.165, 1.54) is 0 Å². The van der Waals surface area contributed by atoms with Gasteiger partial charge in [0.15, 0.2) is 0 Å². The number of carboxylic acid groups (broad SMARTS) is 1. The second-order valence-corrected chi connectivity index (χ2v) is 1.92.